The molecule has 35 heavy (non-hydrogen) atoms. The van der Waals surface area contributed by atoms with Gasteiger partial charge in [-0.1, -0.05) is 54.6 Å². The van der Waals surface area contributed by atoms with E-state index in [2.05, 4.69) is 24.3 Å². The quantitative estimate of drug-likeness (QED) is 0.533. The lowest BCUT2D eigenvalue weighted by atomic mass is 9.84. The smallest absolute Gasteiger partial charge is 0.243 e. The molecule has 8 heteroatoms. The zero-order valence-electron chi connectivity index (χ0n) is 19.1. The molecule has 5 rings (SSSR count). The van der Waals surface area contributed by atoms with Gasteiger partial charge in [0.2, 0.25) is 15.9 Å². The summed E-state index contributed by atoms with van der Waals surface area (Å²) in [6.45, 7) is 1.42. The average molecular weight is 497 g/mol. The van der Waals surface area contributed by atoms with Crippen molar-refractivity contribution in [1.29, 1.82) is 0 Å². The highest BCUT2D eigenvalue weighted by Gasteiger charge is 2.36. The summed E-state index contributed by atoms with van der Waals surface area (Å²) in [7, 11) is -3.96. The molecule has 2 aliphatic heterocycles. The van der Waals surface area contributed by atoms with Crippen molar-refractivity contribution >= 4 is 15.9 Å². The second-order valence-corrected chi connectivity index (χ2v) is 11.1. The van der Waals surface area contributed by atoms with Crippen LogP contribution in [0.4, 0.5) is 8.78 Å². The van der Waals surface area contributed by atoms with E-state index in [9.17, 15) is 22.0 Å². The van der Waals surface area contributed by atoms with Gasteiger partial charge in [-0.3, -0.25) is 4.79 Å². The predicted octanol–water partition coefficient (Wildman–Crippen LogP) is 4.54. The van der Waals surface area contributed by atoms with Gasteiger partial charge >= 0.3 is 0 Å². The third-order valence-corrected chi connectivity index (χ3v) is 8.93. The molecular formula is C27H26F2N2O3S. The molecule has 1 saturated heterocycles. The Morgan fingerprint density at radius 2 is 1.54 bits per heavy atom. The van der Waals surface area contributed by atoms with Crippen LogP contribution in [-0.2, 0) is 21.4 Å². The number of carbonyl (C=O) groups is 1. The van der Waals surface area contributed by atoms with E-state index in [0.29, 0.717) is 32.0 Å². The summed E-state index contributed by atoms with van der Waals surface area (Å²) >= 11 is 0. The lowest BCUT2D eigenvalue weighted by Gasteiger charge is -2.38. The number of fused-ring (bicyclic) bond motifs is 1. The Balaban J connectivity index is 1.30. The van der Waals surface area contributed by atoms with Crippen LogP contribution in [0.5, 0.6) is 0 Å². The zero-order chi connectivity index (χ0) is 24.6. The van der Waals surface area contributed by atoms with E-state index in [1.54, 1.807) is 0 Å². The fourth-order valence-corrected chi connectivity index (χ4v) is 6.62. The van der Waals surface area contributed by atoms with Gasteiger partial charge in [0, 0.05) is 38.0 Å². The van der Waals surface area contributed by atoms with Crippen molar-refractivity contribution < 1.29 is 22.0 Å². The molecule has 2 aliphatic rings. The normalized spacial score (nSPS) is 19.4. The Morgan fingerprint density at radius 3 is 2.26 bits per heavy atom. The molecule has 1 atom stereocenters. The van der Waals surface area contributed by atoms with Gasteiger partial charge in [-0.05, 0) is 47.7 Å². The largest absolute Gasteiger partial charge is 0.337 e. The molecule has 0 aromatic heterocycles. The van der Waals surface area contributed by atoms with E-state index in [1.807, 2.05) is 35.2 Å². The predicted molar refractivity (Wildman–Crippen MR) is 128 cm³/mol. The van der Waals surface area contributed by atoms with Gasteiger partial charge in [-0.25, -0.2) is 17.2 Å². The lowest BCUT2D eigenvalue weighted by Crippen LogP contribution is -2.46. The SMILES string of the molecule is O=C(C1CCN(S(=O)(=O)c2ccc(F)c(F)c2)CC1)N1Cc2ccccc2[C@H](c2ccccc2)C1. The molecular weight excluding hydrogens is 470 g/mol. The summed E-state index contributed by atoms with van der Waals surface area (Å²) in [5.74, 6) is -2.46. The molecule has 5 nitrogen and oxygen atoms in total. The van der Waals surface area contributed by atoms with Crippen molar-refractivity contribution in [3.8, 4) is 0 Å². The van der Waals surface area contributed by atoms with Crippen molar-refractivity contribution in [2.45, 2.75) is 30.2 Å². The number of rotatable bonds is 4. The van der Waals surface area contributed by atoms with E-state index >= 15 is 0 Å². The maximum Gasteiger partial charge on any atom is 0.243 e. The Kier molecular flexibility index (Phi) is 6.42. The maximum absolute atomic E-state index is 13.6. The first-order valence-corrected chi connectivity index (χ1v) is 13.2. The third-order valence-electron chi connectivity index (χ3n) is 7.04. The number of halogens is 2. The Hall–Kier alpha value is -3.10. The second-order valence-electron chi connectivity index (χ2n) is 9.14. The van der Waals surface area contributed by atoms with E-state index in [0.717, 1.165) is 23.3 Å². The van der Waals surface area contributed by atoms with Gasteiger partial charge in [0.25, 0.3) is 0 Å². The number of hydrogen-bond acceptors (Lipinski definition) is 3. The van der Waals surface area contributed by atoms with Crippen LogP contribution in [-0.4, -0.2) is 43.2 Å². The van der Waals surface area contributed by atoms with Crippen LogP contribution in [0.2, 0.25) is 0 Å². The van der Waals surface area contributed by atoms with Gasteiger partial charge < -0.3 is 4.90 Å². The molecule has 2 heterocycles. The van der Waals surface area contributed by atoms with E-state index in [-0.39, 0.29) is 35.7 Å². The molecule has 0 unspecified atom stereocenters. The number of carbonyl (C=O) groups excluding carboxylic acids is 1. The zero-order valence-corrected chi connectivity index (χ0v) is 19.9. The van der Waals surface area contributed by atoms with Crippen molar-refractivity contribution in [3.63, 3.8) is 0 Å². The molecule has 3 aromatic rings. The van der Waals surface area contributed by atoms with Gasteiger partial charge in [0.05, 0.1) is 4.90 Å². The summed E-state index contributed by atoms with van der Waals surface area (Å²) in [5, 5.41) is 0. The Morgan fingerprint density at radius 1 is 0.857 bits per heavy atom. The minimum atomic E-state index is -3.96. The van der Waals surface area contributed by atoms with E-state index < -0.39 is 21.7 Å². The summed E-state index contributed by atoms with van der Waals surface area (Å²) in [5.41, 5.74) is 3.51. The highest BCUT2D eigenvalue weighted by molar-refractivity contribution is 7.89. The van der Waals surface area contributed by atoms with Crippen LogP contribution < -0.4 is 0 Å². The van der Waals surface area contributed by atoms with Gasteiger partial charge in [0.15, 0.2) is 11.6 Å². The van der Waals surface area contributed by atoms with Crippen LogP contribution >= 0.6 is 0 Å². The first-order chi connectivity index (χ1) is 16.8. The molecule has 1 fully saturated rings. The van der Waals surface area contributed by atoms with Crippen molar-refractivity contribution in [2.75, 3.05) is 19.6 Å². The molecule has 0 saturated carbocycles. The summed E-state index contributed by atoms with van der Waals surface area (Å²) < 4.78 is 53.9. The number of piperidine rings is 1. The molecule has 0 spiro atoms. The molecule has 0 bridgehead atoms. The number of nitrogens with zero attached hydrogens (tertiary/aromatic N) is 2. The molecule has 0 radical (unpaired) electrons. The second kappa shape index (κ2) is 9.51. The summed E-state index contributed by atoms with van der Waals surface area (Å²) in [6.07, 6.45) is 0.770. The molecule has 1 amide bonds. The van der Waals surface area contributed by atoms with Crippen LogP contribution in [0.25, 0.3) is 0 Å². The van der Waals surface area contributed by atoms with Crippen molar-refractivity contribution in [3.05, 3.63) is 101 Å². The number of amides is 1. The third kappa shape index (κ3) is 4.60. The summed E-state index contributed by atoms with van der Waals surface area (Å²) in [6, 6.07) is 20.9. The molecule has 0 aliphatic carbocycles. The topological polar surface area (TPSA) is 57.7 Å². The first kappa shape index (κ1) is 23.6. The van der Waals surface area contributed by atoms with Crippen LogP contribution in [0.15, 0.2) is 77.7 Å². The van der Waals surface area contributed by atoms with E-state index in [4.69, 9.17) is 0 Å². The molecule has 0 N–H and O–H groups in total. The van der Waals surface area contributed by atoms with E-state index in [1.165, 1.54) is 9.87 Å². The number of sulfonamides is 1. The van der Waals surface area contributed by atoms with Crippen molar-refractivity contribution in [2.24, 2.45) is 5.92 Å². The fourth-order valence-electron chi connectivity index (χ4n) is 5.13. The highest BCUT2D eigenvalue weighted by Crippen LogP contribution is 2.35. The van der Waals surface area contributed by atoms with Gasteiger partial charge in [-0.15, -0.1) is 0 Å². The minimum absolute atomic E-state index is 0.0327. The first-order valence-electron chi connectivity index (χ1n) is 11.7. The van der Waals surface area contributed by atoms with Crippen LogP contribution in [0.1, 0.15) is 35.4 Å². The summed E-state index contributed by atoms with van der Waals surface area (Å²) in [4.78, 5) is 15.1. The Bertz CT molecular complexity index is 1340. The monoisotopic (exact) mass is 496 g/mol. The lowest BCUT2D eigenvalue weighted by molar-refractivity contribution is -0.137. The minimum Gasteiger partial charge on any atom is -0.337 e. The van der Waals surface area contributed by atoms with Crippen LogP contribution in [0.3, 0.4) is 0 Å². The number of hydrogen-bond donors (Lipinski definition) is 0. The molecule has 182 valence electrons. The van der Waals surface area contributed by atoms with Crippen LogP contribution in [0, 0.1) is 17.6 Å². The number of benzene rings is 3. The Labute approximate surface area is 204 Å². The maximum atomic E-state index is 13.6. The standard InChI is InChI=1S/C27H26F2N2O3S/c28-25-11-10-22(16-26(25)29)35(33,34)31-14-12-20(13-15-31)27(32)30-17-21-8-4-5-9-23(21)24(18-30)19-6-2-1-3-7-19/h1-11,16,20,24H,12-15,17-18H2/t24-/m0/s1. The van der Waals surface area contributed by atoms with Crippen molar-refractivity contribution in [1.82, 2.24) is 9.21 Å². The highest BCUT2D eigenvalue weighted by atomic mass is 32.2. The average Bonchev–Trinajstić information content (AvgIpc) is 2.89. The molecule has 3 aromatic carbocycles. The van der Waals surface area contributed by atoms with Gasteiger partial charge in [-0.2, -0.15) is 4.31 Å². The van der Waals surface area contributed by atoms with Gasteiger partial charge in [0.1, 0.15) is 0 Å². The fraction of sp³-hybridized carbons (Fsp3) is 0.296.